The van der Waals surface area contributed by atoms with Gasteiger partial charge in [-0.2, -0.15) is 0 Å². The summed E-state index contributed by atoms with van der Waals surface area (Å²) >= 11 is 0. The van der Waals surface area contributed by atoms with Crippen LogP contribution in [0.15, 0.2) is 24.3 Å². The van der Waals surface area contributed by atoms with Crippen molar-refractivity contribution in [3.05, 3.63) is 24.3 Å². The second-order valence-electron chi connectivity index (χ2n) is 4.00. The summed E-state index contributed by atoms with van der Waals surface area (Å²) in [6.45, 7) is 0.286. The molecule has 3 amide bonds. The molecule has 0 saturated heterocycles. The van der Waals surface area contributed by atoms with Gasteiger partial charge >= 0.3 is 11.8 Å². The first-order valence-corrected chi connectivity index (χ1v) is 5.82. The number of carbonyl (C=O) groups is 3. The third-order valence-electron chi connectivity index (χ3n) is 2.64. The molecule has 1 aromatic rings. The molecule has 0 bridgehead atoms. The van der Waals surface area contributed by atoms with Crippen molar-refractivity contribution in [1.29, 1.82) is 0 Å². The molecule has 0 aromatic heterocycles. The first-order valence-electron chi connectivity index (χ1n) is 5.82. The highest BCUT2D eigenvalue weighted by Crippen LogP contribution is 2.28. The Balaban J connectivity index is 2.23. The number of anilines is 2. The van der Waals surface area contributed by atoms with Crippen LogP contribution >= 0.6 is 0 Å². The van der Waals surface area contributed by atoms with E-state index < -0.39 is 11.8 Å². The summed E-state index contributed by atoms with van der Waals surface area (Å²) in [6.07, 6.45) is 0. The van der Waals surface area contributed by atoms with Gasteiger partial charge in [-0.15, -0.1) is 0 Å². The number of hydrogen-bond acceptors (Lipinski definition) is 4. The van der Waals surface area contributed by atoms with E-state index >= 15 is 0 Å². The van der Waals surface area contributed by atoms with Crippen molar-refractivity contribution < 1.29 is 14.4 Å². The van der Waals surface area contributed by atoms with Crippen LogP contribution in [0.3, 0.4) is 0 Å². The zero-order chi connectivity index (χ0) is 13.8. The van der Waals surface area contributed by atoms with E-state index in [9.17, 15) is 14.4 Å². The highest BCUT2D eigenvalue weighted by Gasteiger charge is 2.30. The standard InChI is InChI=1S/C12H14N4O3/c13-5-6-14-11(18)12(19)16-7-10(17)15-8-3-1-2-4-9(8)16/h1-4H,5-7,13H2,(H,14,18)(H,15,17). The Bertz CT molecular complexity index is 529. The number of amides is 3. The fourth-order valence-electron chi connectivity index (χ4n) is 1.80. The van der Waals surface area contributed by atoms with Crippen molar-refractivity contribution in [2.24, 2.45) is 5.73 Å². The Morgan fingerprint density at radius 2 is 2.11 bits per heavy atom. The molecule has 100 valence electrons. The van der Waals surface area contributed by atoms with Crippen LogP contribution in [0.1, 0.15) is 0 Å². The Hall–Kier alpha value is -2.41. The smallest absolute Gasteiger partial charge is 0.316 e. The molecule has 0 radical (unpaired) electrons. The lowest BCUT2D eigenvalue weighted by Gasteiger charge is -2.28. The third-order valence-corrected chi connectivity index (χ3v) is 2.64. The first-order chi connectivity index (χ1) is 9.13. The van der Waals surface area contributed by atoms with Crippen LogP contribution in [-0.4, -0.2) is 37.4 Å². The van der Waals surface area contributed by atoms with Gasteiger partial charge in [-0.05, 0) is 12.1 Å². The molecular formula is C12H14N4O3. The van der Waals surface area contributed by atoms with Gasteiger partial charge in [0.1, 0.15) is 6.54 Å². The minimum Gasteiger partial charge on any atom is -0.347 e. The molecular weight excluding hydrogens is 248 g/mol. The van der Waals surface area contributed by atoms with Crippen molar-refractivity contribution >= 4 is 29.1 Å². The minimum atomic E-state index is -0.769. The maximum Gasteiger partial charge on any atom is 0.316 e. The van der Waals surface area contributed by atoms with Crippen LogP contribution in [0.2, 0.25) is 0 Å². The van der Waals surface area contributed by atoms with E-state index in [-0.39, 0.29) is 25.5 Å². The summed E-state index contributed by atoms with van der Waals surface area (Å²) in [5.41, 5.74) is 6.27. The van der Waals surface area contributed by atoms with Crippen molar-refractivity contribution in [2.75, 3.05) is 29.9 Å². The fourth-order valence-corrected chi connectivity index (χ4v) is 1.80. The van der Waals surface area contributed by atoms with E-state index in [1.165, 1.54) is 0 Å². The average molecular weight is 262 g/mol. The fraction of sp³-hybridized carbons (Fsp3) is 0.250. The number of nitrogens with two attached hydrogens (primary N) is 1. The maximum atomic E-state index is 12.0. The average Bonchev–Trinajstić information content (AvgIpc) is 2.42. The Morgan fingerprint density at radius 1 is 1.37 bits per heavy atom. The molecule has 0 fully saturated rings. The van der Waals surface area contributed by atoms with Crippen LogP contribution in [0.4, 0.5) is 11.4 Å². The summed E-state index contributed by atoms with van der Waals surface area (Å²) < 4.78 is 0. The molecule has 19 heavy (non-hydrogen) atoms. The maximum absolute atomic E-state index is 12.0. The van der Waals surface area contributed by atoms with E-state index in [1.54, 1.807) is 24.3 Å². The van der Waals surface area contributed by atoms with Gasteiger partial charge in [0.05, 0.1) is 11.4 Å². The molecule has 1 aliphatic rings. The lowest BCUT2D eigenvalue weighted by Crippen LogP contribution is -2.49. The topological polar surface area (TPSA) is 105 Å². The zero-order valence-electron chi connectivity index (χ0n) is 10.2. The number of nitrogens with zero attached hydrogens (tertiary/aromatic N) is 1. The van der Waals surface area contributed by atoms with Crippen molar-refractivity contribution in [1.82, 2.24) is 5.32 Å². The molecule has 7 nitrogen and oxygen atoms in total. The summed E-state index contributed by atoms with van der Waals surface area (Å²) in [7, 11) is 0. The van der Waals surface area contributed by atoms with Crippen LogP contribution < -0.4 is 21.3 Å². The summed E-state index contributed by atoms with van der Waals surface area (Å²) in [5, 5.41) is 5.03. The highest BCUT2D eigenvalue weighted by atomic mass is 16.2. The molecule has 0 aliphatic carbocycles. The highest BCUT2D eigenvalue weighted by molar-refractivity contribution is 6.41. The number of nitrogens with one attached hydrogen (secondary N) is 2. The van der Waals surface area contributed by atoms with E-state index in [2.05, 4.69) is 10.6 Å². The number of carbonyl (C=O) groups excluding carboxylic acids is 3. The Kier molecular flexibility index (Phi) is 3.76. The van der Waals surface area contributed by atoms with E-state index in [0.29, 0.717) is 11.4 Å². The van der Waals surface area contributed by atoms with Crippen LogP contribution in [0, 0.1) is 0 Å². The van der Waals surface area contributed by atoms with Gasteiger partial charge in [0.25, 0.3) is 0 Å². The molecule has 1 heterocycles. The first kappa shape index (κ1) is 13.0. The summed E-state index contributed by atoms with van der Waals surface area (Å²) in [6, 6.07) is 6.81. The lowest BCUT2D eigenvalue weighted by molar-refractivity contribution is -0.137. The Labute approximate surface area is 109 Å². The molecule has 7 heteroatoms. The lowest BCUT2D eigenvalue weighted by atomic mass is 10.2. The van der Waals surface area contributed by atoms with Gasteiger partial charge < -0.3 is 16.4 Å². The van der Waals surface area contributed by atoms with Crippen LogP contribution in [0.5, 0.6) is 0 Å². The Morgan fingerprint density at radius 3 is 2.84 bits per heavy atom. The predicted octanol–water partition coefficient (Wildman–Crippen LogP) is -0.953. The number of fused-ring (bicyclic) bond motifs is 1. The van der Waals surface area contributed by atoms with Crippen molar-refractivity contribution in [2.45, 2.75) is 0 Å². The number of para-hydroxylation sites is 2. The molecule has 1 aliphatic heterocycles. The number of rotatable bonds is 2. The SMILES string of the molecule is NCCNC(=O)C(=O)N1CC(=O)Nc2ccccc21. The molecule has 0 unspecified atom stereocenters. The normalized spacial score (nSPS) is 13.5. The largest absolute Gasteiger partial charge is 0.347 e. The summed E-state index contributed by atoms with van der Waals surface area (Å²) in [4.78, 5) is 36.3. The molecule has 2 rings (SSSR count). The van der Waals surface area contributed by atoms with Gasteiger partial charge in [0.2, 0.25) is 5.91 Å². The summed E-state index contributed by atoms with van der Waals surface area (Å²) in [5.74, 6) is -1.87. The monoisotopic (exact) mass is 262 g/mol. The number of hydrogen-bond donors (Lipinski definition) is 3. The van der Waals surface area contributed by atoms with Crippen molar-refractivity contribution in [3.8, 4) is 0 Å². The van der Waals surface area contributed by atoms with Gasteiger partial charge in [0.15, 0.2) is 0 Å². The second kappa shape index (κ2) is 5.49. The quantitative estimate of drug-likeness (QED) is 0.597. The second-order valence-corrected chi connectivity index (χ2v) is 4.00. The third kappa shape index (κ3) is 2.71. The predicted molar refractivity (Wildman–Crippen MR) is 69.5 cm³/mol. The molecule has 0 spiro atoms. The van der Waals surface area contributed by atoms with Crippen LogP contribution in [-0.2, 0) is 14.4 Å². The van der Waals surface area contributed by atoms with Gasteiger partial charge in [-0.25, -0.2) is 0 Å². The molecule has 4 N–H and O–H groups in total. The minimum absolute atomic E-state index is 0.175. The van der Waals surface area contributed by atoms with E-state index in [1.807, 2.05) is 0 Å². The molecule has 0 saturated carbocycles. The van der Waals surface area contributed by atoms with Gasteiger partial charge in [-0.3, -0.25) is 19.3 Å². The number of benzene rings is 1. The zero-order valence-corrected chi connectivity index (χ0v) is 10.2. The van der Waals surface area contributed by atoms with E-state index in [0.717, 1.165) is 4.90 Å². The van der Waals surface area contributed by atoms with Gasteiger partial charge in [0, 0.05) is 13.1 Å². The molecule has 0 atom stereocenters. The van der Waals surface area contributed by atoms with Crippen LogP contribution in [0.25, 0.3) is 0 Å². The van der Waals surface area contributed by atoms with Gasteiger partial charge in [-0.1, -0.05) is 12.1 Å². The van der Waals surface area contributed by atoms with E-state index in [4.69, 9.17) is 5.73 Å². The van der Waals surface area contributed by atoms with Crippen molar-refractivity contribution in [3.63, 3.8) is 0 Å². The molecule has 1 aromatic carbocycles.